The number of aliphatic hydroxyl groups excluding tert-OH is 1. The fourth-order valence-electron chi connectivity index (χ4n) is 10.4. The average Bonchev–Trinajstić information content (AvgIpc) is 3.01. The molecule has 4 aromatic rings. The Morgan fingerprint density at radius 2 is 1.44 bits per heavy atom. The van der Waals surface area contributed by atoms with Gasteiger partial charge in [-0.1, -0.05) is 64.1 Å². The highest BCUT2D eigenvalue weighted by Crippen LogP contribution is 2.50. The molecule has 5 N–H and O–H groups in total. The highest BCUT2D eigenvalue weighted by atomic mass is 32.2. The van der Waals surface area contributed by atoms with E-state index in [1.54, 1.807) is 18.2 Å². The first kappa shape index (κ1) is 31.6. The Bertz CT molecular complexity index is 2450. The van der Waals surface area contributed by atoms with Gasteiger partial charge in [-0.25, -0.2) is 0 Å². The molecule has 0 amide bonds. The fourth-order valence-corrected chi connectivity index (χ4v) is 11.1. The minimum Gasteiger partial charge on any atom is -0.506 e. The Balaban J connectivity index is 1.28. The molecule has 4 atom stereocenters. The molecular formula is C40H42N4O5S. The lowest BCUT2D eigenvalue weighted by atomic mass is 9.74. The molecule has 2 heterocycles. The van der Waals surface area contributed by atoms with Crippen LogP contribution >= 0.6 is 0 Å². The monoisotopic (exact) mass is 690 g/mol. The molecule has 5 aliphatic rings. The highest BCUT2D eigenvalue weighted by molar-refractivity contribution is 7.86. The normalized spacial score (nSPS) is 31.3. The van der Waals surface area contributed by atoms with Crippen molar-refractivity contribution in [2.24, 2.45) is 28.7 Å². The van der Waals surface area contributed by atoms with Gasteiger partial charge < -0.3 is 21.1 Å². The van der Waals surface area contributed by atoms with E-state index in [0.29, 0.717) is 56.3 Å². The van der Waals surface area contributed by atoms with Crippen LogP contribution in [0.5, 0.6) is 0 Å². The van der Waals surface area contributed by atoms with Crippen LogP contribution in [0.4, 0.5) is 17.1 Å². The molecule has 2 aliphatic heterocycles. The van der Waals surface area contributed by atoms with Crippen LogP contribution < -0.4 is 26.5 Å². The van der Waals surface area contributed by atoms with Crippen LogP contribution in [0.15, 0.2) is 70.2 Å². The second kappa shape index (κ2) is 10.6. The molecule has 0 bridgehead atoms. The lowest BCUT2D eigenvalue weighted by Gasteiger charge is -2.48. The first-order valence-electron chi connectivity index (χ1n) is 17.8. The van der Waals surface area contributed by atoms with Gasteiger partial charge in [0.25, 0.3) is 10.1 Å². The molecule has 10 heteroatoms. The van der Waals surface area contributed by atoms with Gasteiger partial charge in [0.05, 0.1) is 22.2 Å². The van der Waals surface area contributed by atoms with Crippen molar-refractivity contribution in [2.45, 2.75) is 82.4 Å². The second-order valence-electron chi connectivity index (χ2n) is 16.1. The highest BCUT2D eigenvalue weighted by Gasteiger charge is 2.45. The summed E-state index contributed by atoms with van der Waals surface area (Å²) in [7, 11) is -4.55. The van der Waals surface area contributed by atoms with Gasteiger partial charge in [-0.2, -0.15) is 8.42 Å². The largest absolute Gasteiger partial charge is 0.506 e. The number of carbonyl (C=O) groups excluding carboxylic acids is 1. The van der Waals surface area contributed by atoms with Crippen molar-refractivity contribution in [2.75, 3.05) is 16.0 Å². The Labute approximate surface area is 291 Å². The van der Waals surface area contributed by atoms with Crippen molar-refractivity contribution in [1.82, 2.24) is 0 Å². The second-order valence-corrected chi connectivity index (χ2v) is 17.5. The molecule has 2 saturated carbocycles. The van der Waals surface area contributed by atoms with Gasteiger partial charge >= 0.3 is 0 Å². The molecular weight excluding hydrogens is 649 g/mol. The standard InChI is InChI=1S/C40H42N4O5S/c1-20-14-21(2)17-39(16-20)41-28-7-5-6-24-8-9-26(35(43-39)31(24)28)33-37(45)34(38(33)46)27-11-10-25-30(50(47,48)49)13-12-29-32(25)36(27)44-40(42-29)18-22(3)15-23(4)19-40/h5-13,20-23,41-43,45H,14-19H2,1-4H3,(H,47,48,49). The smallest absolute Gasteiger partial charge is 0.295 e. The predicted molar refractivity (Wildman–Crippen MR) is 197 cm³/mol. The van der Waals surface area contributed by atoms with Crippen LogP contribution in [-0.4, -0.2) is 35.2 Å². The van der Waals surface area contributed by atoms with E-state index < -0.39 is 15.8 Å². The molecule has 4 unspecified atom stereocenters. The van der Waals surface area contributed by atoms with Crippen molar-refractivity contribution in [3.8, 4) is 0 Å². The number of nitrogens with one attached hydrogen (secondary N) is 3. The van der Waals surface area contributed by atoms with Gasteiger partial charge in [-0.05, 0) is 85.8 Å². The Hall–Kier alpha value is -4.41. The Morgan fingerprint density at radius 1 is 0.760 bits per heavy atom. The summed E-state index contributed by atoms with van der Waals surface area (Å²) in [5.41, 5.74) is 2.63. The quantitative estimate of drug-likeness (QED) is 0.140. The van der Waals surface area contributed by atoms with Gasteiger partial charge in [-0.15, -0.1) is 0 Å². The fraction of sp³-hybridized carbons (Fsp3) is 0.400. The Morgan fingerprint density at radius 3 is 2.12 bits per heavy atom. The minimum atomic E-state index is -4.55. The zero-order chi connectivity index (χ0) is 34.9. The number of rotatable bonds is 2. The summed E-state index contributed by atoms with van der Waals surface area (Å²) in [5, 5.41) is 27.0. The molecule has 2 fully saturated rings. The minimum absolute atomic E-state index is 0.0981. The van der Waals surface area contributed by atoms with Crippen LogP contribution in [0.2, 0.25) is 0 Å². The van der Waals surface area contributed by atoms with Gasteiger partial charge in [0, 0.05) is 38.3 Å². The lowest BCUT2D eigenvalue weighted by molar-refractivity contribution is -0.109. The predicted octanol–water partition coefficient (Wildman–Crippen LogP) is 7.13. The van der Waals surface area contributed by atoms with Crippen molar-refractivity contribution >= 4 is 65.7 Å². The number of anilines is 3. The molecule has 3 aliphatic carbocycles. The molecule has 9 rings (SSSR count). The topological polar surface area (TPSA) is 140 Å². The first-order valence-corrected chi connectivity index (χ1v) is 19.3. The van der Waals surface area contributed by atoms with Crippen molar-refractivity contribution in [3.63, 3.8) is 0 Å². The number of aliphatic hydroxyl groups is 1. The molecule has 2 spiro atoms. The van der Waals surface area contributed by atoms with Gasteiger partial charge in [0.15, 0.2) is 0 Å². The zero-order valence-electron chi connectivity index (χ0n) is 28.7. The van der Waals surface area contributed by atoms with E-state index in [1.807, 2.05) is 18.2 Å². The van der Waals surface area contributed by atoms with Crippen molar-refractivity contribution < 1.29 is 22.9 Å². The summed E-state index contributed by atoms with van der Waals surface area (Å²) in [6, 6.07) is 16.5. The van der Waals surface area contributed by atoms with Crippen molar-refractivity contribution in [3.05, 3.63) is 76.5 Å². The summed E-state index contributed by atoms with van der Waals surface area (Å²) in [4.78, 5) is 19.5. The van der Waals surface area contributed by atoms with E-state index in [2.05, 4.69) is 55.8 Å². The summed E-state index contributed by atoms with van der Waals surface area (Å²) >= 11 is 0. The van der Waals surface area contributed by atoms with Crippen LogP contribution in [-0.2, 0) is 14.9 Å². The van der Waals surface area contributed by atoms with Gasteiger partial charge in [0.1, 0.15) is 22.0 Å². The molecule has 0 radical (unpaired) electrons. The van der Waals surface area contributed by atoms with Crippen LogP contribution in [0.1, 0.15) is 71.8 Å². The summed E-state index contributed by atoms with van der Waals surface area (Å²) in [6.07, 6.45) is 5.63. The third-order valence-electron chi connectivity index (χ3n) is 11.7. The summed E-state index contributed by atoms with van der Waals surface area (Å²) in [6.45, 7) is 8.99. The maximum Gasteiger partial charge on any atom is 0.295 e. The molecule has 4 aromatic carbocycles. The van der Waals surface area contributed by atoms with Crippen LogP contribution in [0.3, 0.4) is 0 Å². The maximum absolute atomic E-state index is 14.5. The molecule has 9 nitrogen and oxygen atoms in total. The number of ketones is 1. The number of allylic oxidation sites excluding steroid dienone is 2. The van der Waals surface area contributed by atoms with Gasteiger partial charge in [-0.3, -0.25) is 14.3 Å². The summed E-state index contributed by atoms with van der Waals surface area (Å²) in [5.74, 6) is 1.43. The van der Waals surface area contributed by atoms with Crippen LogP contribution in [0.25, 0.3) is 32.7 Å². The van der Waals surface area contributed by atoms with E-state index >= 15 is 0 Å². The number of Topliss-reactive ketones (excluding diaryl/α,β-unsaturated/α-hetero) is 1. The zero-order valence-corrected chi connectivity index (χ0v) is 29.5. The number of hydrogen-bond acceptors (Lipinski definition) is 8. The molecule has 0 saturated heterocycles. The average molecular weight is 691 g/mol. The first-order chi connectivity index (χ1) is 23.7. The third-order valence-corrected chi connectivity index (χ3v) is 12.6. The number of benzene rings is 4. The van der Waals surface area contributed by atoms with E-state index in [-0.39, 0.29) is 33.2 Å². The summed E-state index contributed by atoms with van der Waals surface area (Å²) < 4.78 is 35.1. The third kappa shape index (κ3) is 4.64. The number of nitrogens with zero attached hydrogens (tertiary/aromatic N) is 1. The van der Waals surface area contributed by atoms with Crippen LogP contribution in [0, 0.1) is 23.7 Å². The van der Waals surface area contributed by atoms with E-state index in [4.69, 9.17) is 4.99 Å². The molecule has 258 valence electrons. The Kier molecular flexibility index (Phi) is 6.66. The molecule has 0 aromatic heterocycles. The van der Waals surface area contributed by atoms with Gasteiger partial charge in [0.2, 0.25) is 5.78 Å². The lowest BCUT2D eigenvalue weighted by Crippen LogP contribution is -2.53. The van der Waals surface area contributed by atoms with E-state index in [0.717, 1.165) is 60.7 Å². The number of hydrogen-bond donors (Lipinski definition) is 5. The van der Waals surface area contributed by atoms with E-state index in [9.17, 15) is 22.9 Å². The molecule has 50 heavy (non-hydrogen) atoms. The van der Waals surface area contributed by atoms with E-state index in [1.165, 1.54) is 6.07 Å². The maximum atomic E-state index is 14.5. The van der Waals surface area contributed by atoms with Crippen molar-refractivity contribution in [1.29, 1.82) is 0 Å². The SMILES string of the molecule is CC1CC(C)CC2(C1)N=c1c(=C3C(=O)C(c4ccc5cccc6c5c4NC4(CC(C)CC(C)C4)N6)=C3O)ccc3c(S(=O)(=O)O)ccc(c13)N2. The number of carbonyl (C=O) groups is 1.